The third kappa shape index (κ3) is 5.24. The number of carbonyl (C=O) groups excluding carboxylic acids is 1. The molecule has 4 nitrogen and oxygen atoms in total. The Labute approximate surface area is 188 Å². The molecule has 4 aromatic rings. The van der Waals surface area contributed by atoms with E-state index >= 15 is 0 Å². The van der Waals surface area contributed by atoms with Gasteiger partial charge in [-0.05, 0) is 41.5 Å². The lowest BCUT2D eigenvalue weighted by molar-refractivity contribution is 0.102. The van der Waals surface area contributed by atoms with E-state index in [0.717, 1.165) is 27.8 Å². The maximum atomic E-state index is 13.1. The second-order valence-electron chi connectivity index (χ2n) is 6.81. The van der Waals surface area contributed by atoms with Crippen molar-refractivity contribution in [1.82, 2.24) is 4.98 Å². The Morgan fingerprint density at radius 1 is 1.10 bits per heavy atom. The van der Waals surface area contributed by atoms with E-state index in [-0.39, 0.29) is 11.7 Å². The normalized spacial score (nSPS) is 10.9. The summed E-state index contributed by atoms with van der Waals surface area (Å²) in [5, 5.41) is 7.24. The number of rotatable bonds is 8. The van der Waals surface area contributed by atoms with E-state index in [0.29, 0.717) is 28.8 Å². The average Bonchev–Trinajstić information content (AvgIpc) is 3.22. The second-order valence-corrected chi connectivity index (χ2v) is 8.65. The molecule has 0 saturated carbocycles. The van der Waals surface area contributed by atoms with E-state index in [1.54, 1.807) is 23.9 Å². The van der Waals surface area contributed by atoms with E-state index in [1.165, 1.54) is 23.5 Å². The second kappa shape index (κ2) is 9.94. The summed E-state index contributed by atoms with van der Waals surface area (Å²) >= 11 is 3.09. The molecule has 0 bridgehead atoms. The van der Waals surface area contributed by atoms with Gasteiger partial charge in [-0.25, -0.2) is 9.37 Å². The predicted octanol–water partition coefficient (Wildman–Crippen LogP) is 6.52. The Morgan fingerprint density at radius 2 is 1.90 bits per heavy atom. The number of halogens is 1. The molecule has 3 aromatic carbocycles. The molecular weight excluding hydrogens is 431 g/mol. The molecule has 158 valence electrons. The number of amides is 1. The van der Waals surface area contributed by atoms with E-state index < -0.39 is 0 Å². The zero-order chi connectivity index (χ0) is 21.6. The van der Waals surface area contributed by atoms with Crippen LogP contribution in [0, 0.1) is 5.82 Å². The SMILES string of the molecule is CCOc1ccc2ccccc2c1C(=O)Nc1nc(CSCc2ccc(F)cc2)cs1. The summed E-state index contributed by atoms with van der Waals surface area (Å²) in [7, 11) is 0. The van der Waals surface area contributed by atoms with Crippen LogP contribution in [0.1, 0.15) is 28.5 Å². The molecule has 31 heavy (non-hydrogen) atoms. The Hall–Kier alpha value is -2.90. The molecule has 0 saturated heterocycles. The molecule has 0 aliphatic rings. The van der Waals surface area contributed by atoms with Gasteiger partial charge < -0.3 is 4.74 Å². The highest BCUT2D eigenvalue weighted by molar-refractivity contribution is 7.97. The van der Waals surface area contributed by atoms with E-state index in [1.807, 2.05) is 48.7 Å². The van der Waals surface area contributed by atoms with Crippen LogP contribution in [0.5, 0.6) is 5.75 Å². The number of thioether (sulfide) groups is 1. The summed E-state index contributed by atoms with van der Waals surface area (Å²) in [5.41, 5.74) is 2.48. The summed E-state index contributed by atoms with van der Waals surface area (Å²) in [4.78, 5) is 17.6. The lowest BCUT2D eigenvalue weighted by Crippen LogP contribution is -2.14. The van der Waals surface area contributed by atoms with Crippen molar-refractivity contribution in [2.75, 3.05) is 11.9 Å². The molecule has 1 amide bonds. The van der Waals surface area contributed by atoms with Crippen LogP contribution in [0.2, 0.25) is 0 Å². The third-order valence-electron chi connectivity index (χ3n) is 4.62. The van der Waals surface area contributed by atoms with Gasteiger partial charge in [0.25, 0.3) is 5.91 Å². The molecule has 0 aliphatic carbocycles. The summed E-state index contributed by atoms with van der Waals surface area (Å²) in [5.74, 6) is 1.58. The molecule has 7 heteroatoms. The zero-order valence-corrected chi connectivity index (χ0v) is 18.6. The minimum Gasteiger partial charge on any atom is -0.493 e. The van der Waals surface area contributed by atoms with Crippen LogP contribution in [0.4, 0.5) is 9.52 Å². The van der Waals surface area contributed by atoms with Crippen molar-refractivity contribution in [2.45, 2.75) is 18.4 Å². The maximum absolute atomic E-state index is 13.1. The number of hydrogen-bond donors (Lipinski definition) is 1. The van der Waals surface area contributed by atoms with Gasteiger partial charge in [0.1, 0.15) is 11.6 Å². The highest BCUT2D eigenvalue weighted by atomic mass is 32.2. The van der Waals surface area contributed by atoms with Crippen molar-refractivity contribution in [3.63, 3.8) is 0 Å². The Bertz CT molecular complexity index is 1190. The molecular formula is C24H21FN2O2S2. The number of benzene rings is 3. The lowest BCUT2D eigenvalue weighted by atomic mass is 10.0. The van der Waals surface area contributed by atoms with Gasteiger partial charge in [0.2, 0.25) is 0 Å². The number of carbonyl (C=O) groups is 1. The van der Waals surface area contributed by atoms with Crippen LogP contribution >= 0.6 is 23.1 Å². The van der Waals surface area contributed by atoms with Crippen molar-refractivity contribution >= 4 is 44.9 Å². The number of fused-ring (bicyclic) bond motifs is 1. The molecule has 0 aliphatic heterocycles. The van der Waals surface area contributed by atoms with Gasteiger partial charge in [0, 0.05) is 16.9 Å². The zero-order valence-electron chi connectivity index (χ0n) is 16.9. The number of anilines is 1. The first-order chi connectivity index (χ1) is 15.1. The molecule has 0 unspecified atom stereocenters. The predicted molar refractivity (Wildman–Crippen MR) is 127 cm³/mol. The Kier molecular flexibility index (Phi) is 6.84. The number of aromatic nitrogens is 1. The summed E-state index contributed by atoms with van der Waals surface area (Å²) in [6, 6.07) is 18.1. The highest BCUT2D eigenvalue weighted by Crippen LogP contribution is 2.30. The number of ether oxygens (including phenoxy) is 1. The average molecular weight is 453 g/mol. The van der Waals surface area contributed by atoms with Crippen LogP contribution in [0.15, 0.2) is 66.0 Å². The molecule has 1 N–H and O–H groups in total. The van der Waals surface area contributed by atoms with Crippen LogP contribution < -0.4 is 10.1 Å². The van der Waals surface area contributed by atoms with Gasteiger partial charge in [-0.15, -0.1) is 11.3 Å². The summed E-state index contributed by atoms with van der Waals surface area (Å²) in [6.45, 7) is 2.37. The quantitative estimate of drug-likeness (QED) is 0.331. The van der Waals surface area contributed by atoms with E-state index in [2.05, 4.69) is 10.3 Å². The standard InChI is InChI=1S/C24H21FN2O2S2/c1-2-29-21-12-9-17-5-3-4-6-20(17)22(21)23(28)27-24-26-19(15-31-24)14-30-13-16-7-10-18(25)11-8-16/h3-12,15H,2,13-14H2,1H3,(H,26,27,28). The monoisotopic (exact) mass is 452 g/mol. The molecule has 1 aromatic heterocycles. The molecule has 0 atom stereocenters. The van der Waals surface area contributed by atoms with E-state index in [4.69, 9.17) is 4.74 Å². The van der Waals surface area contributed by atoms with Gasteiger partial charge in [-0.1, -0.05) is 42.5 Å². The van der Waals surface area contributed by atoms with Gasteiger partial charge >= 0.3 is 0 Å². The number of nitrogens with one attached hydrogen (secondary N) is 1. The van der Waals surface area contributed by atoms with Gasteiger partial charge in [-0.2, -0.15) is 11.8 Å². The van der Waals surface area contributed by atoms with Crippen molar-refractivity contribution in [3.8, 4) is 5.75 Å². The molecule has 0 fully saturated rings. The largest absolute Gasteiger partial charge is 0.493 e. The first-order valence-electron chi connectivity index (χ1n) is 9.86. The topological polar surface area (TPSA) is 51.2 Å². The molecule has 1 heterocycles. The maximum Gasteiger partial charge on any atom is 0.261 e. The van der Waals surface area contributed by atoms with Crippen LogP contribution in [-0.2, 0) is 11.5 Å². The van der Waals surface area contributed by atoms with Gasteiger partial charge in [-0.3, -0.25) is 10.1 Å². The molecule has 4 rings (SSSR count). The Balaban J connectivity index is 1.44. The fourth-order valence-corrected chi connectivity index (χ4v) is 4.90. The summed E-state index contributed by atoms with van der Waals surface area (Å²) in [6.07, 6.45) is 0. The minimum atomic E-state index is -0.236. The minimum absolute atomic E-state index is 0.229. The smallest absolute Gasteiger partial charge is 0.261 e. The highest BCUT2D eigenvalue weighted by Gasteiger charge is 2.18. The van der Waals surface area contributed by atoms with Crippen LogP contribution in [0.25, 0.3) is 10.8 Å². The fraction of sp³-hybridized carbons (Fsp3) is 0.167. The van der Waals surface area contributed by atoms with Crippen molar-refractivity contribution in [3.05, 3.63) is 88.7 Å². The van der Waals surface area contributed by atoms with Crippen molar-refractivity contribution in [1.29, 1.82) is 0 Å². The van der Waals surface area contributed by atoms with Gasteiger partial charge in [0.05, 0.1) is 17.9 Å². The van der Waals surface area contributed by atoms with E-state index in [9.17, 15) is 9.18 Å². The summed E-state index contributed by atoms with van der Waals surface area (Å²) < 4.78 is 18.7. The van der Waals surface area contributed by atoms with Crippen LogP contribution in [-0.4, -0.2) is 17.5 Å². The van der Waals surface area contributed by atoms with Crippen LogP contribution in [0.3, 0.4) is 0 Å². The lowest BCUT2D eigenvalue weighted by Gasteiger charge is -2.12. The Morgan fingerprint density at radius 3 is 2.71 bits per heavy atom. The molecule has 0 radical (unpaired) electrons. The fourth-order valence-electron chi connectivity index (χ4n) is 3.21. The van der Waals surface area contributed by atoms with Crippen molar-refractivity contribution < 1.29 is 13.9 Å². The molecule has 0 spiro atoms. The number of thiazole rings is 1. The van der Waals surface area contributed by atoms with Gasteiger partial charge in [0.15, 0.2) is 5.13 Å². The third-order valence-corrected chi connectivity index (χ3v) is 6.47. The number of hydrogen-bond acceptors (Lipinski definition) is 5. The first-order valence-corrected chi connectivity index (χ1v) is 11.9. The first kappa shape index (κ1) is 21.3. The number of nitrogens with zero attached hydrogens (tertiary/aromatic N) is 1. The van der Waals surface area contributed by atoms with Crippen molar-refractivity contribution in [2.24, 2.45) is 0 Å².